The molecule has 0 radical (unpaired) electrons. The molecule has 1 heterocycles. The van der Waals surface area contributed by atoms with Crippen molar-refractivity contribution in [2.75, 3.05) is 14.2 Å². The van der Waals surface area contributed by atoms with E-state index in [-0.39, 0.29) is 11.2 Å². The predicted octanol–water partition coefficient (Wildman–Crippen LogP) is 4.32. The molecule has 0 saturated carbocycles. The molecule has 1 aromatic heterocycles. The van der Waals surface area contributed by atoms with E-state index >= 15 is 0 Å². The molecule has 0 aliphatic heterocycles. The van der Waals surface area contributed by atoms with Crippen LogP contribution in [0, 0.1) is 0 Å². The van der Waals surface area contributed by atoms with Crippen LogP contribution >= 0.6 is 0 Å². The molecule has 0 unspecified atom stereocenters. The highest BCUT2D eigenvalue weighted by molar-refractivity contribution is 5.49. The Morgan fingerprint density at radius 3 is 1.72 bits per heavy atom. The fourth-order valence-electron chi connectivity index (χ4n) is 3.79. The van der Waals surface area contributed by atoms with E-state index in [1.165, 1.54) is 16.8 Å². The number of unbranched alkanes of at least 4 members (excludes halogenated alkanes) is 1. The van der Waals surface area contributed by atoms with Gasteiger partial charge in [0.25, 0.3) is 5.56 Å². The topological polar surface area (TPSA) is 93.6 Å². The summed E-state index contributed by atoms with van der Waals surface area (Å²) in [5.74, 6) is 1.51. The molecule has 0 atom stereocenters. The normalized spacial score (nSPS) is 10.8. The van der Waals surface area contributed by atoms with E-state index in [1.807, 2.05) is 78.9 Å². The van der Waals surface area contributed by atoms with Crippen LogP contribution in [0.4, 0.5) is 0 Å². The van der Waals surface area contributed by atoms with Gasteiger partial charge in [0.1, 0.15) is 17.1 Å². The summed E-state index contributed by atoms with van der Waals surface area (Å²) in [6.07, 6.45) is 3.51. The maximum absolute atomic E-state index is 11.7. The van der Waals surface area contributed by atoms with Crippen LogP contribution in [0.5, 0.6) is 11.5 Å². The Labute approximate surface area is 210 Å². The van der Waals surface area contributed by atoms with Crippen LogP contribution in [0.25, 0.3) is 0 Å². The first kappa shape index (κ1) is 26.5. The first-order valence-corrected chi connectivity index (χ1v) is 11.8. The zero-order valence-electron chi connectivity index (χ0n) is 20.8. The SMILES string of the molecule is CCCCn1ccc(=O)[nH]c1=O.COc1ccc(C(O)(c2ccccc2)c2ccc(OC)cc2)cc1. The van der Waals surface area contributed by atoms with Gasteiger partial charge in [-0.15, -0.1) is 0 Å². The van der Waals surface area contributed by atoms with Crippen LogP contribution in [-0.4, -0.2) is 28.9 Å². The third kappa shape index (κ3) is 6.31. The van der Waals surface area contributed by atoms with Crippen molar-refractivity contribution in [2.24, 2.45) is 0 Å². The van der Waals surface area contributed by atoms with Crippen molar-refractivity contribution in [3.8, 4) is 11.5 Å². The molecule has 0 saturated heterocycles. The Bertz CT molecular complexity index is 1280. The number of aliphatic hydroxyl groups is 1. The summed E-state index contributed by atoms with van der Waals surface area (Å²) < 4.78 is 12.0. The second kappa shape index (κ2) is 12.6. The van der Waals surface area contributed by atoms with Gasteiger partial charge < -0.3 is 19.1 Å². The fraction of sp³-hybridized carbons (Fsp3) is 0.241. The quantitative estimate of drug-likeness (QED) is 0.360. The van der Waals surface area contributed by atoms with Gasteiger partial charge in [-0.1, -0.05) is 67.9 Å². The number of aryl methyl sites for hydroxylation is 1. The number of aromatic nitrogens is 2. The lowest BCUT2D eigenvalue weighted by Gasteiger charge is -2.30. The summed E-state index contributed by atoms with van der Waals surface area (Å²) in [5.41, 5.74) is 0.447. The van der Waals surface area contributed by atoms with Crippen molar-refractivity contribution < 1.29 is 14.6 Å². The number of hydrogen-bond donors (Lipinski definition) is 2. The van der Waals surface area contributed by atoms with Gasteiger partial charge in [-0.3, -0.25) is 9.78 Å². The van der Waals surface area contributed by atoms with Crippen LogP contribution in [-0.2, 0) is 12.1 Å². The Balaban J connectivity index is 0.000000253. The average molecular weight is 489 g/mol. The molecule has 0 aliphatic carbocycles. The van der Waals surface area contributed by atoms with Crippen molar-refractivity contribution in [1.29, 1.82) is 0 Å². The molecule has 2 N–H and O–H groups in total. The molecule has 4 rings (SSSR count). The molecule has 7 nitrogen and oxygen atoms in total. The minimum atomic E-state index is -1.25. The molecule has 0 fully saturated rings. The first-order chi connectivity index (χ1) is 17.4. The summed E-state index contributed by atoms with van der Waals surface area (Å²) in [5, 5.41) is 11.7. The summed E-state index contributed by atoms with van der Waals surface area (Å²) >= 11 is 0. The summed E-state index contributed by atoms with van der Waals surface area (Å²) in [4.78, 5) is 23.9. The molecule has 0 bridgehead atoms. The Morgan fingerprint density at radius 2 is 1.28 bits per heavy atom. The lowest BCUT2D eigenvalue weighted by molar-refractivity contribution is 0.125. The highest BCUT2D eigenvalue weighted by Crippen LogP contribution is 2.37. The molecular weight excluding hydrogens is 456 g/mol. The monoisotopic (exact) mass is 488 g/mol. The third-order valence-corrected chi connectivity index (χ3v) is 5.86. The van der Waals surface area contributed by atoms with Gasteiger partial charge in [0, 0.05) is 18.8 Å². The minimum absolute atomic E-state index is 0.323. The maximum atomic E-state index is 11.7. The Morgan fingerprint density at radius 1 is 0.778 bits per heavy atom. The molecule has 0 spiro atoms. The predicted molar refractivity (Wildman–Crippen MR) is 141 cm³/mol. The Hall–Kier alpha value is -4.10. The number of benzene rings is 3. The van der Waals surface area contributed by atoms with E-state index in [4.69, 9.17) is 9.47 Å². The lowest BCUT2D eigenvalue weighted by Crippen LogP contribution is -2.28. The molecule has 0 aliphatic rings. The average Bonchev–Trinajstić information content (AvgIpc) is 2.93. The fourth-order valence-corrected chi connectivity index (χ4v) is 3.79. The van der Waals surface area contributed by atoms with Crippen molar-refractivity contribution >= 4 is 0 Å². The van der Waals surface area contributed by atoms with Gasteiger partial charge in [-0.25, -0.2) is 4.79 Å². The maximum Gasteiger partial charge on any atom is 0.328 e. The van der Waals surface area contributed by atoms with Crippen LogP contribution < -0.4 is 20.7 Å². The van der Waals surface area contributed by atoms with Gasteiger partial charge in [-0.2, -0.15) is 0 Å². The van der Waals surface area contributed by atoms with Crippen LogP contribution in [0.3, 0.4) is 0 Å². The van der Waals surface area contributed by atoms with Crippen LogP contribution in [0.2, 0.25) is 0 Å². The van der Waals surface area contributed by atoms with E-state index in [1.54, 1.807) is 14.2 Å². The number of rotatable bonds is 8. The van der Waals surface area contributed by atoms with E-state index in [0.29, 0.717) is 6.54 Å². The van der Waals surface area contributed by atoms with Gasteiger partial charge in [0.05, 0.1) is 14.2 Å². The van der Waals surface area contributed by atoms with Gasteiger partial charge in [-0.05, 0) is 47.4 Å². The molecule has 3 aromatic carbocycles. The number of nitrogens with one attached hydrogen (secondary N) is 1. The van der Waals surface area contributed by atoms with Crippen molar-refractivity contribution in [2.45, 2.75) is 31.9 Å². The number of hydrogen-bond acceptors (Lipinski definition) is 5. The Kier molecular flexibility index (Phi) is 9.25. The third-order valence-electron chi connectivity index (χ3n) is 5.86. The molecule has 7 heteroatoms. The first-order valence-electron chi connectivity index (χ1n) is 11.8. The lowest BCUT2D eigenvalue weighted by atomic mass is 9.80. The van der Waals surface area contributed by atoms with Crippen LogP contribution in [0.1, 0.15) is 36.5 Å². The van der Waals surface area contributed by atoms with E-state index in [0.717, 1.165) is 41.0 Å². The highest BCUT2D eigenvalue weighted by Gasteiger charge is 2.33. The number of aromatic amines is 1. The molecule has 0 amide bonds. The molecule has 36 heavy (non-hydrogen) atoms. The highest BCUT2D eigenvalue weighted by atomic mass is 16.5. The zero-order chi connectivity index (χ0) is 26.0. The van der Waals surface area contributed by atoms with Crippen LogP contribution in [0.15, 0.2) is 101 Å². The number of nitrogens with zero attached hydrogens (tertiary/aromatic N) is 1. The van der Waals surface area contributed by atoms with Gasteiger partial charge >= 0.3 is 5.69 Å². The van der Waals surface area contributed by atoms with E-state index in [9.17, 15) is 14.7 Å². The summed E-state index contributed by atoms with van der Waals surface area (Å²) in [6, 6.07) is 25.9. The molecule has 4 aromatic rings. The molecular formula is C29H32N2O5. The standard InChI is InChI=1S/C21H20O3.C8H12N2O2/c1-23-19-12-8-17(9-13-19)21(22,16-6-4-3-5-7-16)18-10-14-20(24-2)15-11-18;1-2-3-5-10-6-4-7(11)9-8(10)12/h3-15,22H,1-2H3;4,6H,2-3,5H2,1H3,(H,9,11,12). The number of ether oxygens (including phenoxy) is 2. The largest absolute Gasteiger partial charge is 0.497 e. The zero-order valence-corrected chi connectivity index (χ0v) is 20.8. The van der Waals surface area contributed by atoms with E-state index in [2.05, 4.69) is 11.9 Å². The smallest absolute Gasteiger partial charge is 0.328 e. The van der Waals surface area contributed by atoms with E-state index < -0.39 is 5.60 Å². The van der Waals surface area contributed by atoms with Crippen molar-refractivity contribution in [3.05, 3.63) is 129 Å². The van der Waals surface area contributed by atoms with Crippen molar-refractivity contribution in [3.63, 3.8) is 0 Å². The van der Waals surface area contributed by atoms with Crippen molar-refractivity contribution in [1.82, 2.24) is 9.55 Å². The molecule has 188 valence electrons. The second-order valence-electron chi connectivity index (χ2n) is 8.19. The number of H-pyrrole nitrogens is 1. The number of methoxy groups -OCH3 is 2. The van der Waals surface area contributed by atoms with Gasteiger partial charge in [0.2, 0.25) is 0 Å². The summed E-state index contributed by atoms with van der Waals surface area (Å²) in [6.45, 7) is 2.73. The summed E-state index contributed by atoms with van der Waals surface area (Å²) in [7, 11) is 3.25. The van der Waals surface area contributed by atoms with Gasteiger partial charge in [0.15, 0.2) is 0 Å². The minimum Gasteiger partial charge on any atom is -0.497 e. The second-order valence-corrected chi connectivity index (χ2v) is 8.19.